The van der Waals surface area contributed by atoms with Gasteiger partial charge in [-0.3, -0.25) is 0 Å². The highest BCUT2D eigenvalue weighted by Gasteiger charge is 2.09. The summed E-state index contributed by atoms with van der Waals surface area (Å²) in [5.74, 6) is 2.29. The summed E-state index contributed by atoms with van der Waals surface area (Å²) in [7, 11) is 1.92. The first kappa shape index (κ1) is 21.4. The molecule has 8 heteroatoms. The SMILES string of the molecule is CCNC(=NCc1nnc(C)n1C)NCC(O)c1cccc(C)c1.I. The maximum Gasteiger partial charge on any atom is 0.191 e. The number of nitrogens with zero attached hydrogens (tertiary/aromatic N) is 4. The molecule has 0 amide bonds. The van der Waals surface area contributed by atoms with Crippen molar-refractivity contribution in [3.05, 3.63) is 47.0 Å². The smallest absolute Gasteiger partial charge is 0.191 e. The number of hydrogen-bond acceptors (Lipinski definition) is 4. The third kappa shape index (κ3) is 6.28. The molecule has 2 aromatic rings. The first-order valence-electron chi connectivity index (χ1n) is 8.13. The van der Waals surface area contributed by atoms with Crippen LogP contribution in [-0.4, -0.2) is 38.9 Å². The number of rotatable bonds is 6. The van der Waals surface area contributed by atoms with Gasteiger partial charge < -0.3 is 20.3 Å². The Bertz CT molecular complexity index is 700. The van der Waals surface area contributed by atoms with Gasteiger partial charge >= 0.3 is 0 Å². The van der Waals surface area contributed by atoms with E-state index in [0.29, 0.717) is 19.0 Å². The summed E-state index contributed by atoms with van der Waals surface area (Å²) in [6.45, 7) is 7.46. The molecule has 0 aliphatic heterocycles. The van der Waals surface area contributed by atoms with Crippen molar-refractivity contribution < 1.29 is 5.11 Å². The molecule has 0 aliphatic rings. The fourth-order valence-corrected chi connectivity index (χ4v) is 2.27. The lowest BCUT2D eigenvalue weighted by molar-refractivity contribution is 0.181. The highest BCUT2D eigenvalue weighted by Crippen LogP contribution is 2.13. The van der Waals surface area contributed by atoms with Gasteiger partial charge in [0.1, 0.15) is 12.4 Å². The molecule has 0 spiro atoms. The molecule has 1 aromatic heterocycles. The molecule has 0 saturated carbocycles. The third-order valence-corrected chi connectivity index (χ3v) is 3.80. The van der Waals surface area contributed by atoms with E-state index in [1.165, 1.54) is 0 Å². The molecule has 1 aromatic carbocycles. The standard InChI is InChI=1S/C17H26N6O.HI/c1-5-18-17(20-11-16-22-21-13(3)23(16)4)19-10-15(24)14-8-6-7-12(2)9-14;/h6-9,15,24H,5,10-11H2,1-4H3,(H2,18,19,20);1H. The molecule has 7 nitrogen and oxygen atoms in total. The molecule has 1 unspecified atom stereocenters. The van der Waals surface area contributed by atoms with E-state index in [9.17, 15) is 5.11 Å². The molecule has 25 heavy (non-hydrogen) atoms. The minimum absolute atomic E-state index is 0. The van der Waals surface area contributed by atoms with Gasteiger partial charge in [-0.15, -0.1) is 34.2 Å². The fraction of sp³-hybridized carbons (Fsp3) is 0.471. The number of aryl methyl sites for hydroxylation is 2. The van der Waals surface area contributed by atoms with Gasteiger partial charge in [-0.25, -0.2) is 4.99 Å². The fourth-order valence-electron chi connectivity index (χ4n) is 2.27. The zero-order chi connectivity index (χ0) is 17.5. The summed E-state index contributed by atoms with van der Waals surface area (Å²) in [5, 5.41) is 24.8. The zero-order valence-corrected chi connectivity index (χ0v) is 17.5. The van der Waals surface area contributed by atoms with Crippen LogP contribution in [-0.2, 0) is 13.6 Å². The molecule has 2 rings (SSSR count). The van der Waals surface area contributed by atoms with E-state index in [2.05, 4.69) is 25.8 Å². The molecule has 3 N–H and O–H groups in total. The van der Waals surface area contributed by atoms with E-state index in [1.54, 1.807) is 0 Å². The monoisotopic (exact) mass is 458 g/mol. The molecule has 1 atom stereocenters. The van der Waals surface area contributed by atoms with Crippen LogP contribution in [0, 0.1) is 13.8 Å². The van der Waals surface area contributed by atoms with Gasteiger partial charge in [-0.1, -0.05) is 29.8 Å². The van der Waals surface area contributed by atoms with E-state index < -0.39 is 6.10 Å². The second-order valence-corrected chi connectivity index (χ2v) is 5.73. The van der Waals surface area contributed by atoms with E-state index in [1.807, 2.05) is 56.7 Å². The van der Waals surface area contributed by atoms with Crippen LogP contribution in [0.15, 0.2) is 29.3 Å². The van der Waals surface area contributed by atoms with Crippen LogP contribution in [0.5, 0.6) is 0 Å². The lowest BCUT2D eigenvalue weighted by Crippen LogP contribution is -2.39. The van der Waals surface area contributed by atoms with Crippen LogP contribution in [0.4, 0.5) is 0 Å². The Labute approximate surface area is 166 Å². The normalized spacial score (nSPS) is 12.4. The highest BCUT2D eigenvalue weighted by molar-refractivity contribution is 14.0. The van der Waals surface area contributed by atoms with Crippen LogP contribution in [0.25, 0.3) is 0 Å². The minimum atomic E-state index is -0.592. The van der Waals surface area contributed by atoms with Crippen LogP contribution in [0.2, 0.25) is 0 Å². The van der Waals surface area contributed by atoms with Crippen molar-refractivity contribution in [3.8, 4) is 0 Å². The lowest BCUT2D eigenvalue weighted by atomic mass is 10.1. The predicted octanol–water partition coefficient (Wildman–Crippen LogP) is 1.84. The number of aliphatic hydroxyl groups is 1. The molecular formula is C17H27IN6O. The molecule has 0 fully saturated rings. The second-order valence-electron chi connectivity index (χ2n) is 5.73. The average molecular weight is 458 g/mol. The number of aliphatic hydroxyl groups excluding tert-OH is 1. The number of guanidine groups is 1. The number of nitrogens with one attached hydrogen (secondary N) is 2. The molecular weight excluding hydrogens is 431 g/mol. The number of aliphatic imine (C=N–C) groups is 1. The van der Waals surface area contributed by atoms with Crippen LogP contribution in [0.3, 0.4) is 0 Å². The molecule has 1 heterocycles. The van der Waals surface area contributed by atoms with Gasteiger partial charge in [0.2, 0.25) is 0 Å². The Morgan fingerprint density at radius 1 is 1.28 bits per heavy atom. The maximum absolute atomic E-state index is 10.3. The number of halogens is 1. The van der Waals surface area contributed by atoms with Gasteiger partial charge in [0.05, 0.1) is 6.10 Å². The van der Waals surface area contributed by atoms with Gasteiger partial charge in [-0.05, 0) is 26.3 Å². The van der Waals surface area contributed by atoms with Gasteiger partial charge in [0, 0.05) is 20.1 Å². The number of benzene rings is 1. The van der Waals surface area contributed by atoms with Crippen molar-refractivity contribution in [3.63, 3.8) is 0 Å². The van der Waals surface area contributed by atoms with Crippen molar-refractivity contribution in [2.24, 2.45) is 12.0 Å². The Balaban J connectivity index is 0.00000312. The first-order chi connectivity index (χ1) is 11.5. The van der Waals surface area contributed by atoms with Gasteiger partial charge in [-0.2, -0.15) is 0 Å². The van der Waals surface area contributed by atoms with Crippen LogP contribution < -0.4 is 10.6 Å². The van der Waals surface area contributed by atoms with E-state index in [-0.39, 0.29) is 24.0 Å². The summed E-state index contributed by atoms with van der Waals surface area (Å²) < 4.78 is 1.91. The van der Waals surface area contributed by atoms with Crippen molar-refractivity contribution in [2.75, 3.05) is 13.1 Å². The summed E-state index contributed by atoms with van der Waals surface area (Å²) in [4.78, 5) is 4.50. The number of aromatic nitrogens is 3. The summed E-state index contributed by atoms with van der Waals surface area (Å²) in [5.41, 5.74) is 2.02. The molecule has 138 valence electrons. The average Bonchev–Trinajstić information content (AvgIpc) is 2.89. The van der Waals surface area contributed by atoms with E-state index >= 15 is 0 Å². The number of hydrogen-bond donors (Lipinski definition) is 3. The maximum atomic E-state index is 10.3. The highest BCUT2D eigenvalue weighted by atomic mass is 127. The van der Waals surface area contributed by atoms with Crippen molar-refractivity contribution in [2.45, 2.75) is 33.4 Å². The van der Waals surface area contributed by atoms with Crippen LogP contribution >= 0.6 is 24.0 Å². The molecule has 0 saturated heterocycles. The van der Waals surface area contributed by atoms with Crippen molar-refractivity contribution in [1.82, 2.24) is 25.4 Å². The molecule has 0 radical (unpaired) electrons. The second kappa shape index (κ2) is 10.3. The predicted molar refractivity (Wildman–Crippen MR) is 110 cm³/mol. The molecule has 0 aliphatic carbocycles. The topological polar surface area (TPSA) is 87.4 Å². The molecule has 0 bridgehead atoms. The largest absolute Gasteiger partial charge is 0.387 e. The minimum Gasteiger partial charge on any atom is -0.387 e. The summed E-state index contributed by atoms with van der Waals surface area (Å²) in [6.07, 6.45) is -0.592. The third-order valence-electron chi connectivity index (χ3n) is 3.80. The summed E-state index contributed by atoms with van der Waals surface area (Å²) in [6, 6.07) is 7.87. The van der Waals surface area contributed by atoms with Gasteiger partial charge in [0.25, 0.3) is 0 Å². The van der Waals surface area contributed by atoms with Gasteiger partial charge in [0.15, 0.2) is 11.8 Å². The van der Waals surface area contributed by atoms with Crippen molar-refractivity contribution >= 4 is 29.9 Å². The zero-order valence-electron chi connectivity index (χ0n) is 15.2. The Kier molecular flexibility index (Phi) is 8.84. The lowest BCUT2D eigenvalue weighted by Gasteiger charge is -2.16. The quantitative estimate of drug-likeness (QED) is 0.350. The summed E-state index contributed by atoms with van der Waals surface area (Å²) >= 11 is 0. The van der Waals surface area contributed by atoms with Crippen molar-refractivity contribution in [1.29, 1.82) is 0 Å². The Morgan fingerprint density at radius 2 is 2.04 bits per heavy atom. The Hall–Kier alpha value is -1.68. The van der Waals surface area contributed by atoms with E-state index in [4.69, 9.17) is 0 Å². The van der Waals surface area contributed by atoms with E-state index in [0.717, 1.165) is 29.3 Å². The first-order valence-corrected chi connectivity index (χ1v) is 8.13. The Morgan fingerprint density at radius 3 is 2.64 bits per heavy atom. The van der Waals surface area contributed by atoms with Crippen LogP contribution in [0.1, 0.15) is 35.8 Å².